The van der Waals surface area contributed by atoms with Gasteiger partial charge in [-0.05, 0) is 109 Å². The number of rotatable bonds is 4. The van der Waals surface area contributed by atoms with Crippen LogP contribution in [-0.2, 0) is 21.7 Å². The van der Waals surface area contributed by atoms with Crippen molar-refractivity contribution in [2.24, 2.45) is 5.92 Å². The van der Waals surface area contributed by atoms with Crippen LogP contribution in [0.25, 0.3) is 11.1 Å². The molecule has 6 aromatic carbocycles. The van der Waals surface area contributed by atoms with Gasteiger partial charge in [-0.2, -0.15) is 0 Å². The van der Waals surface area contributed by atoms with Crippen molar-refractivity contribution in [3.8, 4) is 11.1 Å². The van der Waals surface area contributed by atoms with Gasteiger partial charge >= 0.3 is 0 Å². The first kappa shape index (κ1) is 33.7. The summed E-state index contributed by atoms with van der Waals surface area (Å²) in [5.41, 5.74) is 21.4. The van der Waals surface area contributed by atoms with Crippen molar-refractivity contribution in [2.45, 2.75) is 83.0 Å². The van der Waals surface area contributed by atoms with Crippen molar-refractivity contribution in [1.29, 1.82) is 0 Å². The van der Waals surface area contributed by atoms with E-state index in [0.29, 0.717) is 11.8 Å². The van der Waals surface area contributed by atoms with Gasteiger partial charge in [0.15, 0.2) is 0 Å². The molecule has 0 amide bonds. The van der Waals surface area contributed by atoms with Gasteiger partial charge in [0.05, 0.1) is 17.1 Å². The second-order valence-electron chi connectivity index (χ2n) is 19.1. The standard InChI is InChI=1S/C54H50N2/c1-51(2)40-21-15-23-42-48(40)56-49-41(51)22-16-24-43(49)53(5,6)47-31-34(30-46(50(47)56)52(42,3)4)33-25-27-38-39-28-26-37(32-45(39)54(7,8)44(38)29-33)55(35-17-11-9-12-18-35)36-19-13-10-14-20-36/h9-32,39,45H,1-8H3. The molecule has 0 radical (unpaired) electrons. The zero-order valence-corrected chi connectivity index (χ0v) is 33.9. The Balaban J connectivity index is 1.06. The monoisotopic (exact) mass is 726 g/mol. The summed E-state index contributed by atoms with van der Waals surface area (Å²) in [6, 6.07) is 48.2. The van der Waals surface area contributed by atoms with E-state index in [1.807, 2.05) is 0 Å². The van der Waals surface area contributed by atoms with Gasteiger partial charge in [-0.25, -0.2) is 0 Å². The first-order chi connectivity index (χ1) is 26.8. The summed E-state index contributed by atoms with van der Waals surface area (Å²) in [5.74, 6) is 0.679. The molecule has 11 rings (SSSR count). The fraction of sp³-hybridized carbons (Fsp3) is 0.259. The summed E-state index contributed by atoms with van der Waals surface area (Å²) in [5, 5.41) is 0. The molecule has 56 heavy (non-hydrogen) atoms. The second-order valence-corrected chi connectivity index (χ2v) is 19.1. The molecule has 0 saturated carbocycles. The second kappa shape index (κ2) is 11.0. The topological polar surface area (TPSA) is 6.48 Å². The third-order valence-electron chi connectivity index (χ3n) is 14.7. The van der Waals surface area contributed by atoms with E-state index in [9.17, 15) is 0 Å². The zero-order valence-electron chi connectivity index (χ0n) is 33.9. The fourth-order valence-corrected chi connectivity index (χ4v) is 11.5. The lowest BCUT2D eigenvalue weighted by Crippen LogP contribution is -2.43. The average molecular weight is 727 g/mol. The Labute approximate surface area is 332 Å². The smallest absolute Gasteiger partial charge is 0.0544 e. The summed E-state index contributed by atoms with van der Waals surface area (Å²) >= 11 is 0. The molecule has 2 unspecified atom stereocenters. The van der Waals surface area contributed by atoms with Crippen LogP contribution in [0.2, 0.25) is 0 Å². The molecule has 2 heteroatoms. The molecule has 0 spiro atoms. The van der Waals surface area contributed by atoms with Crippen molar-refractivity contribution < 1.29 is 0 Å². The predicted molar refractivity (Wildman–Crippen MR) is 234 cm³/mol. The van der Waals surface area contributed by atoms with E-state index in [1.165, 1.54) is 89.8 Å². The van der Waals surface area contributed by atoms with Crippen LogP contribution in [0.3, 0.4) is 0 Å². The third kappa shape index (κ3) is 4.23. The van der Waals surface area contributed by atoms with E-state index in [4.69, 9.17) is 0 Å². The molecule has 6 aromatic rings. The van der Waals surface area contributed by atoms with E-state index < -0.39 is 0 Å². The Kier molecular flexibility index (Phi) is 6.64. The van der Waals surface area contributed by atoms with Crippen molar-refractivity contribution in [3.05, 3.63) is 196 Å². The summed E-state index contributed by atoms with van der Waals surface area (Å²) in [7, 11) is 0. The quantitative estimate of drug-likeness (QED) is 0.178. The third-order valence-corrected chi connectivity index (χ3v) is 14.7. The number of para-hydroxylation sites is 4. The van der Waals surface area contributed by atoms with E-state index >= 15 is 0 Å². The highest BCUT2D eigenvalue weighted by Gasteiger charge is 2.52. The first-order valence-corrected chi connectivity index (χ1v) is 20.5. The minimum atomic E-state index is -0.168. The Morgan fingerprint density at radius 1 is 0.464 bits per heavy atom. The van der Waals surface area contributed by atoms with Crippen molar-refractivity contribution in [3.63, 3.8) is 0 Å². The van der Waals surface area contributed by atoms with Crippen molar-refractivity contribution in [2.75, 3.05) is 9.80 Å². The Morgan fingerprint density at radius 3 is 1.45 bits per heavy atom. The van der Waals surface area contributed by atoms with E-state index in [1.54, 1.807) is 0 Å². The molecule has 5 aliphatic rings. The van der Waals surface area contributed by atoms with Crippen LogP contribution < -0.4 is 9.80 Å². The van der Waals surface area contributed by atoms with Crippen molar-refractivity contribution in [1.82, 2.24) is 0 Å². The molecule has 276 valence electrons. The van der Waals surface area contributed by atoms with Gasteiger partial charge in [0.1, 0.15) is 0 Å². The molecule has 0 aromatic heterocycles. The average Bonchev–Trinajstić information content (AvgIpc) is 3.42. The number of allylic oxidation sites excluding steroid dienone is 3. The Bertz CT molecular complexity index is 2580. The van der Waals surface area contributed by atoms with Gasteiger partial charge in [-0.3, -0.25) is 0 Å². The molecule has 2 atom stereocenters. The Hall–Kier alpha value is -5.60. The van der Waals surface area contributed by atoms with Crippen LogP contribution in [0.15, 0.2) is 151 Å². The number of hydrogen-bond acceptors (Lipinski definition) is 2. The SMILES string of the molecule is CC1(C)c2cccc3c2N2c4c1cccc4C(C)(C)c1cc(-c4ccc5c(c4)C(C)(C)C4C=C(N(c6ccccc6)c6ccccc6)C=CC54)cc(c12)C3(C)C. The molecule has 2 aliphatic carbocycles. The molecule has 3 heterocycles. The van der Waals surface area contributed by atoms with Crippen LogP contribution in [-0.4, -0.2) is 0 Å². The molecule has 0 saturated heterocycles. The lowest BCUT2D eigenvalue weighted by molar-refractivity contribution is 0.392. The van der Waals surface area contributed by atoms with Gasteiger partial charge in [0, 0.05) is 39.2 Å². The van der Waals surface area contributed by atoms with E-state index in [0.717, 1.165) is 0 Å². The summed E-state index contributed by atoms with van der Waals surface area (Å²) in [6.45, 7) is 19.6. The summed E-state index contributed by atoms with van der Waals surface area (Å²) < 4.78 is 0. The Morgan fingerprint density at radius 2 is 0.929 bits per heavy atom. The molecule has 0 bridgehead atoms. The van der Waals surface area contributed by atoms with Gasteiger partial charge in [0.2, 0.25) is 0 Å². The van der Waals surface area contributed by atoms with Crippen LogP contribution in [0, 0.1) is 5.92 Å². The van der Waals surface area contributed by atoms with Gasteiger partial charge in [0.25, 0.3) is 0 Å². The van der Waals surface area contributed by atoms with E-state index in [-0.39, 0.29) is 21.7 Å². The molecule has 0 fully saturated rings. The minimum absolute atomic E-state index is 0.0582. The maximum atomic E-state index is 2.67. The lowest BCUT2D eigenvalue weighted by atomic mass is 9.60. The van der Waals surface area contributed by atoms with Crippen LogP contribution in [0.5, 0.6) is 0 Å². The summed E-state index contributed by atoms with van der Waals surface area (Å²) in [4.78, 5) is 5.08. The number of fused-ring (bicyclic) bond motifs is 3. The van der Waals surface area contributed by atoms with E-state index in [2.05, 4.69) is 211 Å². The highest BCUT2D eigenvalue weighted by Crippen LogP contribution is 2.66. The molecule has 2 nitrogen and oxygen atoms in total. The maximum Gasteiger partial charge on any atom is 0.0544 e. The number of benzene rings is 6. The highest BCUT2D eigenvalue weighted by atomic mass is 15.2. The number of anilines is 5. The molecular weight excluding hydrogens is 677 g/mol. The van der Waals surface area contributed by atoms with Gasteiger partial charge in [-0.15, -0.1) is 0 Å². The predicted octanol–water partition coefficient (Wildman–Crippen LogP) is 14.0. The van der Waals surface area contributed by atoms with Crippen LogP contribution in [0.4, 0.5) is 28.4 Å². The normalized spacial score (nSPS) is 21.4. The highest BCUT2D eigenvalue weighted by molar-refractivity contribution is 5.99. The lowest BCUT2D eigenvalue weighted by Gasteiger charge is -2.55. The van der Waals surface area contributed by atoms with Crippen LogP contribution >= 0.6 is 0 Å². The van der Waals surface area contributed by atoms with Gasteiger partial charge in [-0.1, -0.05) is 159 Å². The fourth-order valence-electron chi connectivity index (χ4n) is 11.5. The van der Waals surface area contributed by atoms with Gasteiger partial charge < -0.3 is 9.80 Å². The minimum Gasteiger partial charge on any atom is -0.311 e. The maximum absolute atomic E-state index is 2.67. The molecule has 0 N–H and O–H groups in total. The zero-order chi connectivity index (χ0) is 38.5. The van der Waals surface area contributed by atoms with Crippen LogP contribution in [0.1, 0.15) is 106 Å². The number of nitrogens with zero attached hydrogens (tertiary/aromatic N) is 2. The van der Waals surface area contributed by atoms with Crippen molar-refractivity contribution >= 4 is 28.4 Å². The molecular formula is C54H50N2. The number of hydrogen-bond donors (Lipinski definition) is 0. The summed E-state index contributed by atoms with van der Waals surface area (Å²) in [6.07, 6.45) is 7.38. The molecule has 3 aliphatic heterocycles. The largest absolute Gasteiger partial charge is 0.311 e. The first-order valence-electron chi connectivity index (χ1n) is 20.5.